The van der Waals surface area contributed by atoms with Crippen LogP contribution in [0, 0.1) is 0 Å². The predicted molar refractivity (Wildman–Crippen MR) is 45.5 cm³/mol. The number of hydrogen-bond acceptors (Lipinski definition) is 4. The number of alkyl halides is 9. The molecule has 21 heavy (non-hydrogen) atoms. The molecule has 0 aliphatic rings. The van der Waals surface area contributed by atoms with Gasteiger partial charge in [0.25, 0.3) is 0 Å². The fraction of sp³-hybridized carbons (Fsp3) is 1.00. The Balaban J connectivity index is 4.68. The number of halogens is 9. The van der Waals surface area contributed by atoms with E-state index < -0.39 is 38.1 Å². The minimum Gasteiger partial charge on any atom is -0.356 e. The zero-order valence-corrected chi connectivity index (χ0v) is 10.2. The molecule has 0 rings (SSSR count). The first-order valence-corrected chi connectivity index (χ1v) is 4.98. The Hall–Kier alpha value is -0.790. The zero-order valence-electron chi connectivity index (χ0n) is 10.2. The largest absolute Gasteiger partial charge is 0.527 e. The molecule has 0 aromatic heterocycles. The van der Waals surface area contributed by atoms with Gasteiger partial charge in [-0.15, -0.1) is 13.2 Å². The van der Waals surface area contributed by atoms with Gasteiger partial charge in [-0.3, -0.25) is 0 Å². The molecule has 4 nitrogen and oxygen atoms in total. The van der Waals surface area contributed by atoms with Crippen LogP contribution in [0.1, 0.15) is 6.92 Å². The first-order chi connectivity index (χ1) is 9.22. The maximum atomic E-state index is 12.8. The molecule has 0 amide bonds. The molecule has 0 unspecified atom stereocenters. The maximum absolute atomic E-state index is 12.8. The lowest BCUT2D eigenvalue weighted by atomic mass is 10.5. The summed E-state index contributed by atoms with van der Waals surface area (Å²) in [5.41, 5.74) is 0. The van der Waals surface area contributed by atoms with E-state index in [-0.39, 0.29) is 6.61 Å². The van der Waals surface area contributed by atoms with Crippen LogP contribution in [0.3, 0.4) is 0 Å². The second-order valence-electron chi connectivity index (χ2n) is 3.28. The first kappa shape index (κ1) is 20.2. The van der Waals surface area contributed by atoms with Gasteiger partial charge >= 0.3 is 24.7 Å². The molecular weight excluding hydrogens is 331 g/mol. The molecule has 0 aliphatic carbocycles. The SMILES string of the molecule is CCOCOCC(F)(F)OC(F)(F)C(F)(F)OC(F)(F)F. The Labute approximate surface area is 111 Å². The third-order valence-electron chi connectivity index (χ3n) is 1.50. The van der Waals surface area contributed by atoms with Gasteiger partial charge < -0.3 is 9.47 Å². The van der Waals surface area contributed by atoms with E-state index >= 15 is 0 Å². The van der Waals surface area contributed by atoms with Gasteiger partial charge in [-0.1, -0.05) is 0 Å². The summed E-state index contributed by atoms with van der Waals surface area (Å²) < 4.78 is 123. The summed E-state index contributed by atoms with van der Waals surface area (Å²) in [6, 6.07) is 0. The molecule has 0 fully saturated rings. The maximum Gasteiger partial charge on any atom is 0.527 e. The second-order valence-corrected chi connectivity index (χ2v) is 3.28. The Morgan fingerprint density at radius 3 is 1.62 bits per heavy atom. The van der Waals surface area contributed by atoms with Gasteiger partial charge in [-0.2, -0.15) is 26.3 Å². The van der Waals surface area contributed by atoms with Gasteiger partial charge in [0, 0.05) is 6.61 Å². The number of hydrogen-bond donors (Lipinski definition) is 0. The van der Waals surface area contributed by atoms with Crippen molar-refractivity contribution in [2.45, 2.75) is 31.6 Å². The molecule has 0 N–H and O–H groups in total. The summed E-state index contributed by atoms with van der Waals surface area (Å²) in [7, 11) is 0. The third kappa shape index (κ3) is 7.68. The van der Waals surface area contributed by atoms with Gasteiger partial charge in [0.2, 0.25) is 0 Å². The molecule has 0 aliphatic heterocycles. The molecular formula is C8H9F9O4. The lowest BCUT2D eigenvalue weighted by molar-refractivity contribution is -0.530. The van der Waals surface area contributed by atoms with E-state index in [0.29, 0.717) is 0 Å². The second kappa shape index (κ2) is 6.98. The average molecular weight is 340 g/mol. The van der Waals surface area contributed by atoms with Crippen molar-refractivity contribution < 1.29 is 58.5 Å². The summed E-state index contributed by atoms with van der Waals surface area (Å²) in [5, 5.41) is 0. The van der Waals surface area contributed by atoms with Crippen molar-refractivity contribution in [1.29, 1.82) is 0 Å². The molecule has 128 valence electrons. The van der Waals surface area contributed by atoms with E-state index in [2.05, 4.69) is 14.2 Å². The van der Waals surface area contributed by atoms with E-state index in [1.54, 1.807) is 4.74 Å². The molecule has 0 saturated heterocycles. The highest BCUT2D eigenvalue weighted by molar-refractivity contribution is 4.70. The van der Waals surface area contributed by atoms with E-state index in [0.717, 1.165) is 0 Å². The normalized spacial score (nSPS) is 14.6. The lowest BCUT2D eigenvalue weighted by Gasteiger charge is -2.29. The van der Waals surface area contributed by atoms with Crippen LogP contribution < -0.4 is 0 Å². The first-order valence-electron chi connectivity index (χ1n) is 4.98. The standard InChI is InChI=1S/C8H9F9O4/c1-2-18-4-19-3-5(9,10)20-6(11,12)7(13,14)21-8(15,16)17/h2-4H2,1H3. The average Bonchev–Trinajstić information content (AvgIpc) is 2.19. The quantitative estimate of drug-likeness (QED) is 0.367. The van der Waals surface area contributed by atoms with Crippen LogP contribution >= 0.6 is 0 Å². The van der Waals surface area contributed by atoms with E-state index in [1.165, 1.54) is 6.92 Å². The summed E-state index contributed by atoms with van der Waals surface area (Å²) in [6.07, 6.45) is -23.8. The minimum atomic E-state index is -6.37. The highest BCUT2D eigenvalue weighted by atomic mass is 19.4. The monoisotopic (exact) mass is 340 g/mol. The zero-order chi connectivity index (χ0) is 16.9. The lowest BCUT2D eigenvalue weighted by Crippen LogP contribution is -2.51. The molecule has 0 bridgehead atoms. The van der Waals surface area contributed by atoms with Gasteiger partial charge in [-0.05, 0) is 6.92 Å². The van der Waals surface area contributed by atoms with Crippen LogP contribution in [-0.2, 0) is 18.9 Å². The minimum absolute atomic E-state index is 0.0140. The van der Waals surface area contributed by atoms with Gasteiger partial charge in [-0.25, -0.2) is 9.47 Å². The van der Waals surface area contributed by atoms with Crippen LogP contribution in [0.2, 0.25) is 0 Å². The summed E-state index contributed by atoms with van der Waals surface area (Å²) in [5.74, 6) is 0. The summed E-state index contributed by atoms with van der Waals surface area (Å²) >= 11 is 0. The van der Waals surface area contributed by atoms with Crippen LogP contribution in [0.25, 0.3) is 0 Å². The van der Waals surface area contributed by atoms with Crippen LogP contribution in [0.4, 0.5) is 39.5 Å². The number of rotatable bonds is 9. The molecule has 0 atom stereocenters. The molecule has 0 spiro atoms. The van der Waals surface area contributed by atoms with Crippen molar-refractivity contribution >= 4 is 0 Å². The summed E-state index contributed by atoms with van der Waals surface area (Å²) in [6.45, 7) is -1.30. The van der Waals surface area contributed by atoms with Crippen LogP contribution in [0.5, 0.6) is 0 Å². The van der Waals surface area contributed by atoms with Crippen LogP contribution in [0.15, 0.2) is 0 Å². The Morgan fingerprint density at radius 1 is 0.714 bits per heavy atom. The van der Waals surface area contributed by atoms with E-state index in [4.69, 9.17) is 0 Å². The Morgan fingerprint density at radius 2 is 1.19 bits per heavy atom. The van der Waals surface area contributed by atoms with Gasteiger partial charge in [0.15, 0.2) is 0 Å². The number of ether oxygens (including phenoxy) is 4. The smallest absolute Gasteiger partial charge is 0.356 e. The Kier molecular flexibility index (Phi) is 6.72. The molecule has 0 heterocycles. The molecule has 0 saturated carbocycles. The fourth-order valence-electron chi connectivity index (χ4n) is 0.784. The topological polar surface area (TPSA) is 36.9 Å². The highest BCUT2D eigenvalue weighted by Crippen LogP contribution is 2.43. The van der Waals surface area contributed by atoms with Crippen molar-refractivity contribution in [3.05, 3.63) is 0 Å². The third-order valence-corrected chi connectivity index (χ3v) is 1.50. The highest BCUT2D eigenvalue weighted by Gasteiger charge is 2.67. The van der Waals surface area contributed by atoms with Crippen molar-refractivity contribution in [2.75, 3.05) is 20.0 Å². The van der Waals surface area contributed by atoms with Gasteiger partial charge in [0.1, 0.15) is 13.4 Å². The van der Waals surface area contributed by atoms with Gasteiger partial charge in [0.05, 0.1) is 0 Å². The van der Waals surface area contributed by atoms with Crippen molar-refractivity contribution in [2.24, 2.45) is 0 Å². The van der Waals surface area contributed by atoms with E-state index in [9.17, 15) is 39.5 Å². The predicted octanol–water partition coefficient (Wildman–Crippen LogP) is 3.33. The molecule has 13 heteroatoms. The van der Waals surface area contributed by atoms with Crippen molar-refractivity contribution in [3.63, 3.8) is 0 Å². The van der Waals surface area contributed by atoms with E-state index in [1.807, 2.05) is 0 Å². The fourth-order valence-corrected chi connectivity index (χ4v) is 0.784. The van der Waals surface area contributed by atoms with Crippen molar-refractivity contribution in [1.82, 2.24) is 0 Å². The molecule has 0 aromatic carbocycles. The van der Waals surface area contributed by atoms with Crippen LogP contribution in [-0.4, -0.2) is 44.7 Å². The van der Waals surface area contributed by atoms with Crippen molar-refractivity contribution in [3.8, 4) is 0 Å². The molecule has 0 radical (unpaired) electrons. The Bertz CT molecular complexity index is 317. The molecule has 0 aromatic rings. The summed E-state index contributed by atoms with van der Waals surface area (Å²) in [4.78, 5) is 0.